The van der Waals surface area contributed by atoms with E-state index < -0.39 is 5.24 Å². The van der Waals surface area contributed by atoms with Crippen LogP contribution in [0.5, 0.6) is 0 Å². The summed E-state index contributed by atoms with van der Waals surface area (Å²) in [5, 5.41) is 16.4. The maximum atomic E-state index is 10.6. The second-order valence-corrected chi connectivity index (χ2v) is 2.46. The fraction of sp³-hybridized carbons (Fsp3) is 0. The fourth-order valence-electron chi connectivity index (χ4n) is 0.753. The Balaban J connectivity index is 3.04. The number of carbonyl (C=O) groups is 1. The molecule has 0 amide bonds. The van der Waals surface area contributed by atoms with Gasteiger partial charge in [0.05, 0.1) is 5.69 Å². The van der Waals surface area contributed by atoms with E-state index in [1.807, 2.05) is 0 Å². The molecule has 64 valence electrons. The van der Waals surface area contributed by atoms with E-state index in [0.29, 0.717) is 0 Å². The summed E-state index contributed by atoms with van der Waals surface area (Å²) < 4.78 is 0. The van der Waals surface area contributed by atoms with Crippen LogP contribution in [0.4, 0.5) is 5.69 Å². The zero-order valence-electron chi connectivity index (χ0n) is 5.94. The van der Waals surface area contributed by atoms with Crippen LogP contribution in [0.15, 0.2) is 24.3 Å². The van der Waals surface area contributed by atoms with E-state index in [-0.39, 0.29) is 16.5 Å². The van der Waals surface area contributed by atoms with Gasteiger partial charge in [0.1, 0.15) is 0 Å². The predicted molar refractivity (Wildman–Crippen MR) is 42.7 cm³/mol. The number of hydrogen-bond donors (Lipinski definition) is 2. The van der Waals surface area contributed by atoms with Crippen LogP contribution in [0.2, 0.25) is 0 Å². The number of hydrogen-bond acceptors (Lipinski definition) is 4. The summed E-state index contributed by atoms with van der Waals surface area (Å²) in [7, 11) is 0. The van der Waals surface area contributed by atoms with E-state index in [9.17, 15) is 4.79 Å². The molecule has 0 fully saturated rings. The van der Waals surface area contributed by atoms with Crippen molar-refractivity contribution in [3.05, 3.63) is 29.8 Å². The number of benzene rings is 1. The van der Waals surface area contributed by atoms with Crippen molar-refractivity contribution in [2.45, 2.75) is 0 Å². The highest BCUT2D eigenvalue weighted by molar-refractivity contribution is 6.67. The van der Waals surface area contributed by atoms with Crippen LogP contribution in [0.1, 0.15) is 10.4 Å². The third kappa shape index (κ3) is 1.94. The zero-order chi connectivity index (χ0) is 9.14. The molecule has 0 atom stereocenters. The van der Waals surface area contributed by atoms with Crippen LogP contribution < -0.4 is 5.23 Å². The van der Waals surface area contributed by atoms with Gasteiger partial charge in [-0.15, -0.1) is 5.23 Å². The summed E-state index contributed by atoms with van der Waals surface area (Å²) >= 11 is 5.16. The van der Waals surface area contributed by atoms with Crippen LogP contribution in [0.3, 0.4) is 0 Å². The molecule has 0 unspecified atom stereocenters. The van der Waals surface area contributed by atoms with Crippen LogP contribution >= 0.6 is 11.6 Å². The van der Waals surface area contributed by atoms with Gasteiger partial charge in [0.15, 0.2) is 0 Å². The molecule has 0 saturated heterocycles. The second kappa shape index (κ2) is 3.53. The van der Waals surface area contributed by atoms with Crippen LogP contribution in [-0.4, -0.2) is 15.7 Å². The van der Waals surface area contributed by atoms with Crippen molar-refractivity contribution in [1.82, 2.24) is 0 Å². The van der Waals surface area contributed by atoms with Crippen molar-refractivity contribution in [3.63, 3.8) is 0 Å². The minimum atomic E-state index is -0.640. The van der Waals surface area contributed by atoms with Gasteiger partial charge in [-0.2, -0.15) is 0 Å². The Kier molecular flexibility index (Phi) is 2.65. The summed E-state index contributed by atoms with van der Waals surface area (Å²) in [6, 6.07) is 5.64. The lowest BCUT2D eigenvalue weighted by Crippen LogP contribution is -2.11. The summed E-state index contributed by atoms with van der Waals surface area (Å²) in [6.45, 7) is 0. The van der Waals surface area contributed by atoms with Crippen molar-refractivity contribution in [3.8, 4) is 0 Å². The molecule has 0 aliphatic rings. The van der Waals surface area contributed by atoms with Gasteiger partial charge in [-0.25, -0.2) is 0 Å². The Morgan fingerprint density at radius 2 is 2.08 bits per heavy atom. The van der Waals surface area contributed by atoms with Crippen molar-refractivity contribution >= 4 is 22.5 Å². The number of carbonyl (C=O) groups excluding carboxylic acids is 1. The smallest absolute Gasteiger partial charge is 0.252 e. The maximum Gasteiger partial charge on any atom is 0.252 e. The molecule has 1 aromatic carbocycles. The molecule has 0 saturated carbocycles. The molecule has 0 aromatic heterocycles. The molecule has 4 nitrogen and oxygen atoms in total. The molecule has 1 aromatic rings. The highest BCUT2D eigenvalue weighted by Crippen LogP contribution is 2.14. The molecule has 0 aliphatic carbocycles. The first-order valence-corrected chi connectivity index (χ1v) is 3.47. The summed E-state index contributed by atoms with van der Waals surface area (Å²) in [6.07, 6.45) is 0. The van der Waals surface area contributed by atoms with Crippen molar-refractivity contribution in [2.75, 3.05) is 5.23 Å². The monoisotopic (exact) mass is 187 g/mol. The van der Waals surface area contributed by atoms with E-state index in [0.717, 1.165) is 0 Å². The Morgan fingerprint density at radius 1 is 1.42 bits per heavy atom. The minimum Gasteiger partial charge on any atom is -0.276 e. The standard InChI is InChI=1S/C7H6ClNO3/c8-7(10)5-2-1-3-6(4-5)9(11)12/h1-4,11-12H. The van der Waals surface area contributed by atoms with Crippen molar-refractivity contribution < 1.29 is 15.2 Å². The number of halogens is 1. The Morgan fingerprint density at radius 3 is 2.58 bits per heavy atom. The van der Waals surface area contributed by atoms with Crippen molar-refractivity contribution in [2.24, 2.45) is 0 Å². The lowest BCUT2D eigenvalue weighted by atomic mass is 10.2. The molecule has 1 rings (SSSR count). The average molecular weight is 188 g/mol. The summed E-state index contributed by atoms with van der Waals surface area (Å²) in [5.41, 5.74) is 0.295. The molecule has 0 heterocycles. The molecule has 5 heteroatoms. The van der Waals surface area contributed by atoms with Gasteiger partial charge in [0.25, 0.3) is 5.24 Å². The molecular weight excluding hydrogens is 182 g/mol. The fourth-order valence-corrected chi connectivity index (χ4v) is 0.870. The van der Waals surface area contributed by atoms with E-state index in [1.54, 1.807) is 0 Å². The normalized spacial score (nSPS) is 9.58. The lowest BCUT2D eigenvalue weighted by Gasteiger charge is -2.07. The predicted octanol–water partition coefficient (Wildman–Crippen LogP) is 1.65. The minimum absolute atomic E-state index is 0.0800. The SMILES string of the molecule is O=C(Cl)c1cccc(N(O)O)c1. The highest BCUT2D eigenvalue weighted by Gasteiger charge is 2.04. The second-order valence-electron chi connectivity index (χ2n) is 2.11. The first-order chi connectivity index (χ1) is 5.61. The molecule has 0 spiro atoms. The number of rotatable bonds is 2. The lowest BCUT2D eigenvalue weighted by molar-refractivity contribution is 0.0291. The van der Waals surface area contributed by atoms with Crippen molar-refractivity contribution in [1.29, 1.82) is 0 Å². The van der Waals surface area contributed by atoms with Gasteiger partial charge in [0.2, 0.25) is 0 Å². The molecule has 12 heavy (non-hydrogen) atoms. The Labute approximate surface area is 73.5 Å². The maximum absolute atomic E-state index is 10.6. The van der Waals surface area contributed by atoms with Crippen LogP contribution in [0, 0.1) is 0 Å². The first-order valence-electron chi connectivity index (χ1n) is 3.09. The van der Waals surface area contributed by atoms with Gasteiger partial charge in [-0.05, 0) is 29.8 Å². The number of anilines is 1. The molecule has 2 N–H and O–H groups in total. The van der Waals surface area contributed by atoms with Gasteiger partial charge in [0, 0.05) is 5.56 Å². The van der Waals surface area contributed by atoms with Crippen LogP contribution in [-0.2, 0) is 0 Å². The average Bonchev–Trinajstić information content (AvgIpc) is 2.04. The van der Waals surface area contributed by atoms with Gasteiger partial charge in [-0.3, -0.25) is 15.2 Å². The summed E-state index contributed by atoms with van der Waals surface area (Å²) in [4.78, 5) is 10.6. The largest absolute Gasteiger partial charge is 0.276 e. The van der Waals surface area contributed by atoms with E-state index in [4.69, 9.17) is 22.0 Å². The Hall–Kier alpha value is -1.10. The first kappa shape index (κ1) is 8.99. The quantitative estimate of drug-likeness (QED) is 0.546. The van der Waals surface area contributed by atoms with Crippen LogP contribution in [0.25, 0.3) is 0 Å². The topological polar surface area (TPSA) is 60.8 Å². The molecule has 0 aliphatic heterocycles. The Bertz CT molecular complexity index is 300. The molecular formula is C7H6ClNO3. The van der Waals surface area contributed by atoms with E-state index >= 15 is 0 Å². The highest BCUT2D eigenvalue weighted by atomic mass is 35.5. The van der Waals surface area contributed by atoms with E-state index in [2.05, 4.69) is 0 Å². The van der Waals surface area contributed by atoms with Gasteiger partial charge < -0.3 is 0 Å². The number of nitrogens with zero attached hydrogens (tertiary/aromatic N) is 1. The molecule has 0 radical (unpaired) electrons. The van der Waals surface area contributed by atoms with Gasteiger partial charge >= 0.3 is 0 Å². The van der Waals surface area contributed by atoms with Gasteiger partial charge in [-0.1, -0.05) is 6.07 Å². The summed E-state index contributed by atoms with van der Waals surface area (Å²) in [5.74, 6) is 0. The third-order valence-electron chi connectivity index (χ3n) is 1.30. The zero-order valence-corrected chi connectivity index (χ0v) is 6.69. The van der Waals surface area contributed by atoms with E-state index in [1.165, 1.54) is 24.3 Å². The molecule has 0 bridgehead atoms. The third-order valence-corrected chi connectivity index (χ3v) is 1.52.